The Labute approximate surface area is 133 Å². The SMILES string of the molecule is CC(C)CCOP(=S)([S-])OCCC(C)C.[Na+]. The van der Waals surface area contributed by atoms with Crippen molar-refractivity contribution in [2.45, 2.75) is 40.5 Å². The number of hydrogen-bond acceptors (Lipinski definition) is 4. The van der Waals surface area contributed by atoms with Crippen LogP contribution in [0, 0.1) is 11.8 Å². The molecule has 0 saturated heterocycles. The monoisotopic (exact) mass is 292 g/mol. The van der Waals surface area contributed by atoms with Gasteiger partial charge in [-0.25, -0.2) is 0 Å². The van der Waals surface area contributed by atoms with Crippen LogP contribution in [0.15, 0.2) is 0 Å². The van der Waals surface area contributed by atoms with Gasteiger partial charge in [0, 0.05) is 0 Å². The first-order valence-electron chi connectivity index (χ1n) is 5.43. The first kappa shape index (κ1) is 20.2. The molecule has 92 valence electrons. The minimum atomic E-state index is -2.39. The van der Waals surface area contributed by atoms with Crippen molar-refractivity contribution in [3.05, 3.63) is 0 Å². The topological polar surface area (TPSA) is 18.5 Å². The maximum atomic E-state index is 5.44. The van der Waals surface area contributed by atoms with E-state index in [9.17, 15) is 0 Å². The fraction of sp³-hybridized carbons (Fsp3) is 1.00. The number of hydrogen-bond donors (Lipinski definition) is 0. The van der Waals surface area contributed by atoms with Gasteiger partial charge in [0.25, 0.3) is 0 Å². The third kappa shape index (κ3) is 14.0. The van der Waals surface area contributed by atoms with Crippen molar-refractivity contribution in [1.29, 1.82) is 0 Å². The quantitative estimate of drug-likeness (QED) is 0.375. The van der Waals surface area contributed by atoms with Crippen LogP contribution in [0.25, 0.3) is 0 Å². The van der Waals surface area contributed by atoms with Crippen LogP contribution in [0.5, 0.6) is 0 Å². The van der Waals surface area contributed by atoms with Gasteiger partial charge in [-0.3, -0.25) is 0 Å². The van der Waals surface area contributed by atoms with Crippen molar-refractivity contribution >= 4 is 29.7 Å². The summed E-state index contributed by atoms with van der Waals surface area (Å²) in [5.41, 5.74) is -2.39. The van der Waals surface area contributed by atoms with E-state index in [-0.39, 0.29) is 29.6 Å². The Bertz CT molecular complexity index is 195. The van der Waals surface area contributed by atoms with Gasteiger partial charge in [-0.1, -0.05) is 39.5 Å². The summed E-state index contributed by atoms with van der Waals surface area (Å²) in [7, 11) is 0. The second kappa shape index (κ2) is 10.8. The average Bonchev–Trinajstić information content (AvgIpc) is 2.01. The molecule has 0 aromatic heterocycles. The Balaban J connectivity index is 0. The Morgan fingerprint density at radius 3 is 1.56 bits per heavy atom. The smallest absolute Gasteiger partial charge is 0.691 e. The van der Waals surface area contributed by atoms with Crippen molar-refractivity contribution in [1.82, 2.24) is 0 Å². The van der Waals surface area contributed by atoms with Crippen molar-refractivity contribution in [3.8, 4) is 0 Å². The molecule has 0 aliphatic carbocycles. The maximum Gasteiger partial charge on any atom is 1.00 e. The van der Waals surface area contributed by atoms with Gasteiger partial charge in [0.15, 0.2) is 0 Å². The number of rotatable bonds is 8. The molecule has 0 aliphatic heterocycles. The second-order valence-corrected chi connectivity index (χ2v) is 9.47. The largest absolute Gasteiger partial charge is 1.00 e. The molecule has 0 N–H and O–H groups in total. The van der Waals surface area contributed by atoms with E-state index in [0.717, 1.165) is 12.8 Å². The van der Waals surface area contributed by atoms with E-state index >= 15 is 0 Å². The van der Waals surface area contributed by atoms with Crippen LogP contribution in [-0.2, 0) is 33.1 Å². The molecular weight excluding hydrogens is 270 g/mol. The molecule has 0 amide bonds. The van der Waals surface area contributed by atoms with E-state index in [0.29, 0.717) is 25.0 Å². The Kier molecular flexibility index (Phi) is 13.7. The molecule has 16 heavy (non-hydrogen) atoms. The van der Waals surface area contributed by atoms with Crippen molar-refractivity contribution in [2.24, 2.45) is 11.8 Å². The first-order valence-corrected chi connectivity index (χ1v) is 9.09. The predicted octanol–water partition coefficient (Wildman–Crippen LogP) is 0.887. The zero-order valence-electron chi connectivity index (χ0n) is 11.1. The van der Waals surface area contributed by atoms with E-state index in [4.69, 9.17) is 33.1 Å². The molecule has 0 atom stereocenters. The minimum absolute atomic E-state index is 0. The van der Waals surface area contributed by atoms with Crippen LogP contribution in [0.1, 0.15) is 40.5 Å². The normalized spacial score (nSPS) is 11.9. The molecule has 0 aromatic rings. The predicted molar refractivity (Wildman–Crippen MR) is 72.5 cm³/mol. The van der Waals surface area contributed by atoms with Gasteiger partial charge in [0.1, 0.15) is 0 Å². The van der Waals surface area contributed by atoms with Crippen LogP contribution < -0.4 is 29.6 Å². The molecule has 0 radical (unpaired) electrons. The molecule has 0 saturated carbocycles. The van der Waals surface area contributed by atoms with Gasteiger partial charge in [-0.05, 0) is 24.7 Å². The molecule has 0 aliphatic rings. The molecule has 0 unspecified atom stereocenters. The van der Waals surface area contributed by atoms with E-state index in [1.54, 1.807) is 0 Å². The van der Waals surface area contributed by atoms with Crippen molar-refractivity contribution < 1.29 is 38.6 Å². The van der Waals surface area contributed by atoms with E-state index < -0.39 is 5.69 Å². The van der Waals surface area contributed by atoms with Gasteiger partial charge in [0.05, 0.1) is 18.9 Å². The van der Waals surface area contributed by atoms with E-state index in [1.165, 1.54) is 0 Å². The zero-order valence-corrected chi connectivity index (χ0v) is 15.6. The third-order valence-corrected chi connectivity index (χ3v) is 4.15. The summed E-state index contributed by atoms with van der Waals surface area (Å²) >= 11 is 10.3. The van der Waals surface area contributed by atoms with Gasteiger partial charge in [-0.2, -0.15) is 0 Å². The summed E-state index contributed by atoms with van der Waals surface area (Å²) in [6.07, 6.45) is 1.98. The fourth-order valence-corrected chi connectivity index (χ4v) is 2.46. The third-order valence-electron chi connectivity index (χ3n) is 1.89. The van der Waals surface area contributed by atoms with Crippen molar-refractivity contribution in [2.75, 3.05) is 13.2 Å². The molecular formula is C10H22NaO2PS2. The van der Waals surface area contributed by atoms with Crippen LogP contribution in [0.3, 0.4) is 0 Å². The second-order valence-electron chi connectivity index (χ2n) is 4.48. The fourth-order valence-electron chi connectivity index (χ4n) is 0.838. The minimum Gasteiger partial charge on any atom is -0.691 e. The summed E-state index contributed by atoms with van der Waals surface area (Å²) in [5.74, 6) is 1.23. The van der Waals surface area contributed by atoms with E-state index in [1.807, 2.05) is 0 Å². The Morgan fingerprint density at radius 1 is 1.00 bits per heavy atom. The molecule has 6 heteroatoms. The van der Waals surface area contributed by atoms with Crippen LogP contribution >= 0.6 is 5.69 Å². The van der Waals surface area contributed by atoms with Crippen molar-refractivity contribution in [3.63, 3.8) is 0 Å². The Morgan fingerprint density at radius 2 is 1.31 bits per heavy atom. The summed E-state index contributed by atoms with van der Waals surface area (Å²) in [6.45, 7) is 9.84. The standard InChI is InChI=1S/C10H23O2PS2.Na/c1-9(2)5-7-11-13(14,15)12-8-6-10(3)4;/h9-10H,5-8H2,1-4H3,(H,14,15);/q;+1/p-1. The molecule has 2 nitrogen and oxygen atoms in total. The molecule has 0 fully saturated rings. The summed E-state index contributed by atoms with van der Waals surface area (Å²) in [4.78, 5) is 0. The maximum absolute atomic E-state index is 5.44. The first-order chi connectivity index (χ1) is 6.83. The molecule has 0 bridgehead atoms. The van der Waals surface area contributed by atoms with Crippen LogP contribution in [0.4, 0.5) is 0 Å². The average molecular weight is 292 g/mol. The Hall–Kier alpha value is 1.92. The van der Waals surface area contributed by atoms with Gasteiger partial charge in [0.2, 0.25) is 0 Å². The summed E-state index contributed by atoms with van der Waals surface area (Å²) in [5, 5.41) is 0. The van der Waals surface area contributed by atoms with E-state index in [2.05, 4.69) is 27.7 Å². The summed E-state index contributed by atoms with van der Waals surface area (Å²) < 4.78 is 10.9. The van der Waals surface area contributed by atoms with Crippen LogP contribution in [0.2, 0.25) is 0 Å². The van der Waals surface area contributed by atoms with Gasteiger partial charge >= 0.3 is 29.6 Å². The molecule has 0 rings (SSSR count). The van der Waals surface area contributed by atoms with Crippen LogP contribution in [-0.4, -0.2) is 13.2 Å². The van der Waals surface area contributed by atoms with Gasteiger partial charge in [-0.15, -0.1) is 0 Å². The zero-order chi connectivity index (χ0) is 11.9. The molecule has 0 spiro atoms. The molecule has 0 aromatic carbocycles. The van der Waals surface area contributed by atoms with Gasteiger partial charge < -0.3 is 21.3 Å². The molecule has 0 heterocycles. The summed E-state index contributed by atoms with van der Waals surface area (Å²) in [6, 6.07) is 0.